The van der Waals surface area contributed by atoms with Crippen molar-refractivity contribution >= 4 is 97.1 Å². The summed E-state index contributed by atoms with van der Waals surface area (Å²) < 4.78 is 0. The van der Waals surface area contributed by atoms with Crippen LogP contribution in [0.4, 0.5) is 0 Å². The summed E-state index contributed by atoms with van der Waals surface area (Å²) in [5.74, 6) is -9.35. The molecule has 0 radical (unpaired) electrons. The van der Waals surface area contributed by atoms with E-state index in [1.807, 2.05) is 0 Å². The van der Waals surface area contributed by atoms with E-state index in [4.69, 9.17) is 17.2 Å². The van der Waals surface area contributed by atoms with Crippen molar-refractivity contribution in [3.8, 4) is 0 Å². The molecule has 26 heteroatoms. The number of carbonyl (C=O) groups is 9. The van der Waals surface area contributed by atoms with E-state index in [1.165, 1.54) is 6.92 Å². The molecule has 0 spiro atoms. The van der Waals surface area contributed by atoms with E-state index in [0.717, 1.165) is 0 Å². The van der Waals surface area contributed by atoms with Gasteiger partial charge in [0.1, 0.15) is 42.3 Å². The van der Waals surface area contributed by atoms with Gasteiger partial charge in [0, 0.05) is 23.8 Å². The number of amides is 8. The second-order valence-corrected chi connectivity index (χ2v) is 17.3. The average molecular weight is 967 g/mol. The normalized spacial score (nSPS) is 15.4. The summed E-state index contributed by atoms with van der Waals surface area (Å²) in [6, 6.07) is -10.2. The highest BCUT2D eigenvalue weighted by Crippen LogP contribution is 2.10. The van der Waals surface area contributed by atoms with Crippen molar-refractivity contribution in [1.29, 1.82) is 0 Å². The lowest BCUT2D eigenvalue weighted by Gasteiger charge is -2.28. The van der Waals surface area contributed by atoms with Gasteiger partial charge >= 0.3 is 5.97 Å². The third-order valence-corrected chi connectivity index (χ3v) is 10.3. The second-order valence-electron chi connectivity index (χ2n) is 16.2. The maximum Gasteiger partial charge on any atom is 0.327 e. The zero-order valence-electron chi connectivity index (χ0n) is 37.4. The number of hydrogen-bond donors (Lipinski definition) is 16. The van der Waals surface area contributed by atoms with Crippen LogP contribution >= 0.6 is 37.9 Å². The number of rotatable bonds is 30. The number of nitrogens with one attached hydrogen (secondary N) is 8. The highest BCUT2D eigenvalue weighted by Gasteiger charge is 2.35. The van der Waals surface area contributed by atoms with E-state index in [2.05, 4.69) is 85.4 Å². The molecule has 0 aromatic heterocycles. The van der Waals surface area contributed by atoms with Gasteiger partial charge in [-0.05, 0) is 50.4 Å². The molecule has 64 heavy (non-hydrogen) atoms. The van der Waals surface area contributed by atoms with Crippen LogP contribution in [0, 0.1) is 17.8 Å². The Balaban J connectivity index is 5.85. The summed E-state index contributed by atoms with van der Waals surface area (Å²) in [7, 11) is 0. The summed E-state index contributed by atoms with van der Waals surface area (Å²) in [5, 5.41) is 39.4. The number of aliphatic imine (C=N–C) groups is 1. The quantitative estimate of drug-likeness (QED) is 0.0141. The minimum atomic E-state index is -1.65. The lowest BCUT2D eigenvalue weighted by atomic mass is 10.0. The number of carbonyl (C=O) groups excluding carboxylic acids is 8. The number of hydrogen-bond acceptors (Lipinski definition) is 15. The number of guanidine groups is 1. The molecule has 0 aliphatic carbocycles. The number of aliphatic hydroxyl groups excluding tert-OH is 1. The van der Waals surface area contributed by atoms with Crippen molar-refractivity contribution in [1.82, 2.24) is 42.5 Å². The van der Waals surface area contributed by atoms with Crippen LogP contribution in [0.5, 0.6) is 0 Å². The summed E-state index contributed by atoms with van der Waals surface area (Å²) in [4.78, 5) is 121. The molecule has 16 N–H and O–H groups in total. The third-order valence-electron chi connectivity index (χ3n) is 9.16. The molecule has 0 saturated heterocycles. The lowest BCUT2D eigenvalue weighted by Crippen LogP contribution is -2.62. The van der Waals surface area contributed by atoms with Gasteiger partial charge in [-0.2, -0.15) is 37.9 Å². The van der Waals surface area contributed by atoms with Gasteiger partial charge in [-0.25, -0.2) is 4.79 Å². The molecule has 0 saturated carbocycles. The predicted octanol–water partition coefficient (Wildman–Crippen LogP) is -4.12. The maximum atomic E-state index is 13.6. The van der Waals surface area contributed by atoms with Gasteiger partial charge in [0.25, 0.3) is 0 Å². The Morgan fingerprint density at radius 3 is 1.44 bits per heavy atom. The maximum absolute atomic E-state index is 13.6. The van der Waals surface area contributed by atoms with Crippen molar-refractivity contribution in [3.05, 3.63) is 0 Å². The molecule has 0 rings (SSSR count). The van der Waals surface area contributed by atoms with Gasteiger partial charge in [0.2, 0.25) is 47.3 Å². The molecule has 0 aliphatic rings. The van der Waals surface area contributed by atoms with Crippen molar-refractivity contribution in [2.45, 2.75) is 129 Å². The first-order valence-electron chi connectivity index (χ1n) is 20.7. The molecule has 0 aliphatic heterocycles. The number of carboxylic acid groups (broad SMARTS) is 1. The van der Waals surface area contributed by atoms with Crippen LogP contribution in [0.2, 0.25) is 0 Å². The van der Waals surface area contributed by atoms with E-state index in [1.54, 1.807) is 41.5 Å². The lowest BCUT2D eigenvalue weighted by molar-refractivity contribution is -0.141. The fourth-order valence-electron chi connectivity index (χ4n) is 5.69. The average Bonchev–Trinajstić information content (AvgIpc) is 3.20. The van der Waals surface area contributed by atoms with E-state index >= 15 is 0 Å². The third kappa shape index (κ3) is 22.9. The van der Waals surface area contributed by atoms with E-state index < -0.39 is 120 Å². The first-order valence-corrected chi connectivity index (χ1v) is 22.6. The highest BCUT2D eigenvalue weighted by molar-refractivity contribution is 7.80. The Morgan fingerprint density at radius 2 is 0.984 bits per heavy atom. The van der Waals surface area contributed by atoms with E-state index in [0.29, 0.717) is 6.42 Å². The molecule has 9 atom stereocenters. The van der Waals surface area contributed by atoms with Gasteiger partial charge in [0.05, 0.1) is 18.7 Å². The molecule has 0 heterocycles. The Morgan fingerprint density at radius 1 is 0.562 bits per heavy atom. The van der Waals surface area contributed by atoms with E-state index in [9.17, 15) is 53.4 Å². The Kier molecular flexibility index (Phi) is 28.4. The molecule has 0 unspecified atom stereocenters. The molecule has 8 amide bonds. The predicted molar refractivity (Wildman–Crippen MR) is 249 cm³/mol. The van der Waals surface area contributed by atoms with Crippen molar-refractivity contribution in [3.63, 3.8) is 0 Å². The molecular formula is C38H70N12O11S3. The van der Waals surface area contributed by atoms with Crippen LogP contribution in [0.1, 0.15) is 74.1 Å². The molecular weight excluding hydrogens is 897 g/mol. The van der Waals surface area contributed by atoms with Crippen LogP contribution in [-0.4, -0.2) is 154 Å². The number of aliphatic hydroxyl groups is 1. The minimum Gasteiger partial charge on any atom is -0.480 e. The number of nitrogens with two attached hydrogens (primary N) is 3. The topological polar surface area (TPSA) is 381 Å². The molecule has 366 valence electrons. The monoisotopic (exact) mass is 966 g/mol. The van der Waals surface area contributed by atoms with Gasteiger partial charge in [-0.15, -0.1) is 0 Å². The summed E-state index contributed by atoms with van der Waals surface area (Å²) >= 11 is 12.3. The standard InChI is InChI=1S/C38H70N12O11S3/c1-17(2)11-22(31(54)43-13-27(52)49-28(19(5)6)35(58)48-26(16-64)37(60)61)45-36(59)29(20(7)51)50-34(57)25(15-63)47-32(55)23(12-18(3)4)44-33(56)24(14-62)46-30(53)21(39)9-8-10-42-38(40)41/h17-26,28-29,51,62-64H,8-16,39H2,1-7H3,(H,43,54)(H,44,56)(H,45,59)(H,46,53)(H,47,55)(H,48,58)(H,49,52)(H,50,57)(H,60,61)(H4,40,41,42)/t20-,21+,22+,23+,24+,25+,26+,28+,29+/m1/s1. The van der Waals surface area contributed by atoms with Crippen molar-refractivity contribution in [2.75, 3.05) is 30.3 Å². The molecule has 0 aromatic carbocycles. The summed E-state index contributed by atoms with van der Waals surface area (Å²) in [6.45, 7) is 11.2. The van der Waals surface area contributed by atoms with Gasteiger partial charge < -0.3 is 69.9 Å². The highest BCUT2D eigenvalue weighted by atomic mass is 32.1. The van der Waals surface area contributed by atoms with Crippen LogP contribution in [0.3, 0.4) is 0 Å². The summed E-state index contributed by atoms with van der Waals surface area (Å²) in [5.41, 5.74) is 16.6. The largest absolute Gasteiger partial charge is 0.480 e. The van der Waals surface area contributed by atoms with Gasteiger partial charge in [-0.3, -0.25) is 43.3 Å². The Labute approximate surface area is 390 Å². The Hall–Kier alpha value is -4.53. The number of thiol groups is 3. The molecule has 0 aromatic rings. The fraction of sp³-hybridized carbons (Fsp3) is 0.737. The van der Waals surface area contributed by atoms with Gasteiger partial charge in [-0.1, -0.05) is 41.5 Å². The molecule has 0 bridgehead atoms. The van der Waals surface area contributed by atoms with Gasteiger partial charge in [0.15, 0.2) is 5.96 Å². The second kappa shape index (κ2) is 30.6. The zero-order valence-corrected chi connectivity index (χ0v) is 40.1. The van der Waals surface area contributed by atoms with Crippen molar-refractivity contribution in [2.24, 2.45) is 39.9 Å². The summed E-state index contributed by atoms with van der Waals surface area (Å²) in [6.07, 6.45) is -0.762. The van der Waals surface area contributed by atoms with Crippen LogP contribution in [0.15, 0.2) is 4.99 Å². The smallest absolute Gasteiger partial charge is 0.327 e. The fourth-order valence-corrected chi connectivity index (χ4v) is 6.45. The number of carboxylic acids is 1. The number of aliphatic carboxylic acids is 1. The molecule has 23 nitrogen and oxygen atoms in total. The first-order chi connectivity index (χ1) is 29.8. The van der Waals surface area contributed by atoms with E-state index in [-0.39, 0.29) is 60.9 Å². The SMILES string of the molecule is CC(C)C[C@H](NC(=O)[C@H](CS)NC(=O)[C@@H](N)CCCN=C(N)N)C(=O)N[C@@H](CS)C(=O)N[C@H](C(=O)N[C@@H](CC(C)C)C(=O)NCC(=O)N[C@H](C(=O)N[C@@H](CS)C(=O)O)C(C)C)[C@@H](C)O. The number of nitrogens with zero attached hydrogens (tertiary/aromatic N) is 1. The zero-order chi connectivity index (χ0) is 49.4. The van der Waals surface area contributed by atoms with Crippen LogP contribution in [0.25, 0.3) is 0 Å². The van der Waals surface area contributed by atoms with Crippen LogP contribution < -0.4 is 59.7 Å². The van der Waals surface area contributed by atoms with Crippen molar-refractivity contribution < 1.29 is 53.4 Å². The Bertz CT molecular complexity index is 1620. The van der Waals surface area contributed by atoms with Crippen LogP contribution in [-0.2, 0) is 43.2 Å². The first kappa shape index (κ1) is 59.5. The minimum absolute atomic E-state index is 0.0561. The molecule has 0 fully saturated rings.